The molecule has 0 radical (unpaired) electrons. The lowest BCUT2D eigenvalue weighted by Crippen LogP contribution is -2.14. The summed E-state index contributed by atoms with van der Waals surface area (Å²) >= 11 is 11.4. The van der Waals surface area contributed by atoms with E-state index in [1.54, 1.807) is 6.92 Å². The van der Waals surface area contributed by atoms with Crippen LogP contribution in [0.4, 0.5) is 17.6 Å². The zero-order valence-corrected chi connectivity index (χ0v) is 13.8. The smallest absolute Gasteiger partial charge is 0.357 e. The van der Waals surface area contributed by atoms with Crippen LogP contribution in [0.5, 0.6) is 5.75 Å². The van der Waals surface area contributed by atoms with Gasteiger partial charge in [0.05, 0.1) is 16.3 Å². The highest BCUT2D eigenvalue weighted by Crippen LogP contribution is 2.34. The number of oxime groups is 1. The van der Waals surface area contributed by atoms with Crippen molar-refractivity contribution >= 4 is 28.9 Å². The monoisotopic (exact) mass is 379 g/mol. The molecule has 0 saturated heterocycles. The zero-order valence-electron chi connectivity index (χ0n) is 12.3. The van der Waals surface area contributed by atoms with Crippen molar-refractivity contribution in [1.82, 2.24) is 0 Å². The number of hydrogen-bond donors (Lipinski definition) is 0. The first-order valence-corrected chi connectivity index (χ1v) is 7.54. The van der Waals surface area contributed by atoms with E-state index in [0.717, 1.165) is 18.2 Å². The van der Waals surface area contributed by atoms with Gasteiger partial charge in [-0.05, 0) is 36.8 Å². The Balaban J connectivity index is 2.40. The van der Waals surface area contributed by atoms with E-state index in [1.807, 2.05) is 0 Å². The van der Waals surface area contributed by atoms with Crippen molar-refractivity contribution in [2.75, 3.05) is 0 Å². The zero-order chi connectivity index (χ0) is 17.9. The summed E-state index contributed by atoms with van der Waals surface area (Å²) < 4.78 is 52.5. The van der Waals surface area contributed by atoms with Crippen molar-refractivity contribution in [2.45, 2.75) is 19.5 Å². The summed E-state index contributed by atoms with van der Waals surface area (Å²) in [6.45, 7) is 1.63. The molecule has 0 saturated carbocycles. The quantitative estimate of drug-likeness (QED) is 0.344. The van der Waals surface area contributed by atoms with Crippen LogP contribution < -0.4 is 4.84 Å². The molecule has 2 aromatic carbocycles. The van der Waals surface area contributed by atoms with E-state index < -0.39 is 17.6 Å². The Kier molecular flexibility index (Phi) is 5.72. The third-order valence-corrected chi connectivity index (χ3v) is 3.61. The molecule has 0 atom stereocenters. The van der Waals surface area contributed by atoms with Gasteiger partial charge in [0.25, 0.3) is 0 Å². The summed E-state index contributed by atoms with van der Waals surface area (Å²) in [5.41, 5.74) is -0.996. The molecule has 0 spiro atoms. The Labute approximate surface area is 145 Å². The highest BCUT2D eigenvalue weighted by molar-refractivity contribution is 6.31. The Hall–Kier alpha value is -1.79. The van der Waals surface area contributed by atoms with Gasteiger partial charge < -0.3 is 4.84 Å². The fraction of sp³-hybridized carbons (Fsp3) is 0.188. The van der Waals surface area contributed by atoms with Gasteiger partial charge in [-0.1, -0.05) is 35.3 Å². The lowest BCUT2D eigenvalue weighted by atomic mass is 10.0. The van der Waals surface area contributed by atoms with Crippen LogP contribution in [-0.2, 0) is 6.18 Å². The molecule has 0 unspecified atom stereocenters. The third kappa shape index (κ3) is 4.39. The summed E-state index contributed by atoms with van der Waals surface area (Å²) in [5.74, 6) is -0.541. The van der Waals surface area contributed by atoms with Crippen LogP contribution in [-0.4, -0.2) is 5.71 Å². The lowest BCUT2D eigenvalue weighted by molar-refractivity contribution is -0.137. The average molecular weight is 380 g/mol. The van der Waals surface area contributed by atoms with Crippen LogP contribution in [0.25, 0.3) is 0 Å². The van der Waals surface area contributed by atoms with E-state index in [2.05, 4.69) is 5.16 Å². The summed E-state index contributed by atoms with van der Waals surface area (Å²) in [4.78, 5) is 5.08. The van der Waals surface area contributed by atoms with Crippen molar-refractivity contribution in [3.05, 3.63) is 63.4 Å². The Morgan fingerprint density at radius 2 is 1.83 bits per heavy atom. The number of benzene rings is 2. The minimum absolute atomic E-state index is 0.0465. The molecule has 8 heteroatoms. The number of alkyl halides is 3. The van der Waals surface area contributed by atoms with Crippen molar-refractivity contribution in [3.8, 4) is 5.75 Å². The van der Waals surface area contributed by atoms with Crippen molar-refractivity contribution < 1.29 is 22.4 Å². The fourth-order valence-corrected chi connectivity index (χ4v) is 2.29. The van der Waals surface area contributed by atoms with Gasteiger partial charge in [-0.2, -0.15) is 13.2 Å². The summed E-state index contributed by atoms with van der Waals surface area (Å²) in [7, 11) is 0. The fourth-order valence-electron chi connectivity index (χ4n) is 1.95. The maximum atomic E-state index is 13.1. The summed E-state index contributed by atoms with van der Waals surface area (Å²) in [6.07, 6.45) is -4.40. The molecular formula is C16H11Cl2F4NO. The van der Waals surface area contributed by atoms with Crippen molar-refractivity contribution in [1.29, 1.82) is 0 Å². The molecule has 24 heavy (non-hydrogen) atoms. The van der Waals surface area contributed by atoms with Gasteiger partial charge in [-0.25, -0.2) is 4.39 Å². The van der Waals surface area contributed by atoms with Crippen LogP contribution in [0.3, 0.4) is 0 Å². The van der Waals surface area contributed by atoms with Gasteiger partial charge in [0.2, 0.25) is 0 Å². The SMILES string of the molecule is CC/C(=N\Oc1ccc(F)c(Cl)c1)c1cc(Cl)ccc1C(F)(F)F. The first-order valence-electron chi connectivity index (χ1n) is 6.78. The van der Waals surface area contributed by atoms with E-state index in [1.165, 1.54) is 18.2 Å². The molecule has 0 fully saturated rings. The Morgan fingerprint density at radius 1 is 1.12 bits per heavy atom. The molecular weight excluding hydrogens is 369 g/mol. The normalized spacial score (nSPS) is 12.4. The third-order valence-electron chi connectivity index (χ3n) is 3.09. The first kappa shape index (κ1) is 18.5. The predicted molar refractivity (Wildman–Crippen MR) is 85.3 cm³/mol. The highest BCUT2D eigenvalue weighted by Gasteiger charge is 2.34. The molecule has 0 aliphatic carbocycles. The molecule has 0 N–H and O–H groups in total. The van der Waals surface area contributed by atoms with Gasteiger partial charge in [-0.3, -0.25) is 0 Å². The van der Waals surface area contributed by atoms with E-state index in [9.17, 15) is 17.6 Å². The molecule has 2 aromatic rings. The van der Waals surface area contributed by atoms with Crippen LogP contribution in [0.1, 0.15) is 24.5 Å². The molecule has 0 aliphatic heterocycles. The molecule has 0 heterocycles. The maximum Gasteiger partial charge on any atom is 0.417 e. The van der Waals surface area contributed by atoms with Gasteiger partial charge in [0.15, 0.2) is 5.75 Å². The molecule has 2 nitrogen and oxygen atoms in total. The van der Waals surface area contributed by atoms with Crippen LogP contribution in [0, 0.1) is 5.82 Å². The number of hydrogen-bond acceptors (Lipinski definition) is 2. The van der Waals surface area contributed by atoms with Crippen LogP contribution in [0.15, 0.2) is 41.6 Å². The van der Waals surface area contributed by atoms with Crippen molar-refractivity contribution in [3.63, 3.8) is 0 Å². The average Bonchev–Trinajstić information content (AvgIpc) is 2.50. The topological polar surface area (TPSA) is 21.6 Å². The standard InChI is InChI=1S/C16H11Cl2F4NO/c1-2-15(23-24-10-4-6-14(19)13(18)8-10)11-7-9(17)3-5-12(11)16(20,21)22/h3-8H,2H2,1H3/b23-15+. The minimum atomic E-state index is -4.56. The molecule has 2 rings (SSSR count). The van der Waals surface area contributed by atoms with Gasteiger partial charge >= 0.3 is 6.18 Å². The number of rotatable bonds is 4. The second-order valence-electron chi connectivity index (χ2n) is 4.75. The largest absolute Gasteiger partial charge is 0.417 e. The van der Waals surface area contributed by atoms with E-state index in [4.69, 9.17) is 28.0 Å². The molecule has 0 aromatic heterocycles. The molecule has 0 aliphatic rings. The maximum absolute atomic E-state index is 13.1. The second-order valence-corrected chi connectivity index (χ2v) is 5.59. The Morgan fingerprint density at radius 3 is 2.42 bits per heavy atom. The van der Waals surface area contributed by atoms with Gasteiger partial charge in [-0.15, -0.1) is 0 Å². The van der Waals surface area contributed by atoms with Crippen LogP contribution >= 0.6 is 23.2 Å². The number of halogens is 6. The van der Waals surface area contributed by atoms with Gasteiger partial charge in [0, 0.05) is 16.7 Å². The predicted octanol–water partition coefficient (Wildman–Crippen LogP) is 6.34. The Bertz CT molecular complexity index is 775. The summed E-state index contributed by atoms with van der Waals surface area (Å²) in [6, 6.07) is 6.73. The highest BCUT2D eigenvalue weighted by atomic mass is 35.5. The van der Waals surface area contributed by atoms with E-state index in [-0.39, 0.29) is 33.5 Å². The van der Waals surface area contributed by atoms with Crippen molar-refractivity contribution in [2.24, 2.45) is 5.16 Å². The molecule has 128 valence electrons. The summed E-state index contributed by atoms with van der Waals surface area (Å²) in [5, 5.41) is 3.71. The molecule has 0 amide bonds. The number of nitrogens with zero attached hydrogens (tertiary/aromatic N) is 1. The van der Waals surface area contributed by atoms with E-state index >= 15 is 0 Å². The lowest BCUT2D eigenvalue weighted by Gasteiger charge is -2.14. The second kappa shape index (κ2) is 7.40. The molecule has 0 bridgehead atoms. The van der Waals surface area contributed by atoms with E-state index in [0.29, 0.717) is 0 Å². The van der Waals surface area contributed by atoms with Crippen LogP contribution in [0.2, 0.25) is 10.0 Å². The first-order chi connectivity index (χ1) is 11.2. The minimum Gasteiger partial charge on any atom is -0.357 e. The van der Waals surface area contributed by atoms with Gasteiger partial charge in [0.1, 0.15) is 5.82 Å².